The van der Waals surface area contributed by atoms with E-state index < -0.39 is 0 Å². The lowest BCUT2D eigenvalue weighted by molar-refractivity contribution is 0.443. The van der Waals surface area contributed by atoms with E-state index in [9.17, 15) is 10.2 Å². The van der Waals surface area contributed by atoms with Crippen LogP contribution in [0.1, 0.15) is 95.7 Å². The van der Waals surface area contributed by atoms with Gasteiger partial charge in [0.25, 0.3) is 0 Å². The zero-order valence-corrected chi connectivity index (χ0v) is 24.1. The van der Waals surface area contributed by atoms with Crippen molar-refractivity contribution in [1.82, 2.24) is 0 Å². The van der Waals surface area contributed by atoms with Crippen molar-refractivity contribution in [2.75, 3.05) is 0 Å². The van der Waals surface area contributed by atoms with Gasteiger partial charge in [0.15, 0.2) is 0 Å². The molecule has 0 amide bonds. The van der Waals surface area contributed by atoms with Gasteiger partial charge in [-0.15, -0.1) is 0 Å². The van der Waals surface area contributed by atoms with E-state index in [1.807, 2.05) is 49.4 Å². The van der Waals surface area contributed by atoms with Crippen LogP contribution in [0.4, 0.5) is 11.4 Å². The molecule has 0 saturated heterocycles. The SMILES string of the molecule is Cc1cc(/C=N/c2ccccc2/N=C/c2cc(C(C)(C)C)cc(C(C)(C)C)c2O)c(O)c(C(C)(C)C)c1. The predicted octanol–water partition coefficient (Wildman–Crippen LogP) is 8.80. The van der Waals surface area contributed by atoms with Gasteiger partial charge in [-0.2, -0.15) is 0 Å². The molecule has 2 N–H and O–H groups in total. The molecule has 0 unspecified atom stereocenters. The van der Waals surface area contributed by atoms with Gasteiger partial charge in [0.05, 0.1) is 11.4 Å². The van der Waals surface area contributed by atoms with Crippen LogP contribution < -0.4 is 0 Å². The van der Waals surface area contributed by atoms with E-state index in [0.717, 1.165) is 22.3 Å². The molecule has 3 aromatic rings. The van der Waals surface area contributed by atoms with Crippen molar-refractivity contribution in [3.8, 4) is 11.5 Å². The van der Waals surface area contributed by atoms with Gasteiger partial charge in [-0.1, -0.05) is 86.6 Å². The summed E-state index contributed by atoms with van der Waals surface area (Å²) < 4.78 is 0. The third-order valence-electron chi connectivity index (χ3n) is 6.47. The number of hydrogen-bond donors (Lipinski definition) is 2. The zero-order chi connectivity index (χ0) is 27.8. The average Bonchev–Trinajstić information content (AvgIpc) is 2.77. The van der Waals surface area contributed by atoms with E-state index in [1.165, 1.54) is 0 Å². The number of aryl methyl sites for hydroxylation is 1. The van der Waals surface area contributed by atoms with Crippen LogP contribution in [0, 0.1) is 6.92 Å². The molecule has 37 heavy (non-hydrogen) atoms. The lowest BCUT2D eigenvalue weighted by atomic mass is 9.79. The number of aliphatic imine (C=N–C) groups is 2. The van der Waals surface area contributed by atoms with Crippen LogP contribution >= 0.6 is 0 Å². The monoisotopic (exact) mass is 498 g/mol. The van der Waals surface area contributed by atoms with Gasteiger partial charge in [0.2, 0.25) is 0 Å². The second-order valence-electron chi connectivity index (χ2n) is 13.0. The topological polar surface area (TPSA) is 65.2 Å². The fraction of sp³-hybridized carbons (Fsp3) is 0.394. The van der Waals surface area contributed by atoms with Crippen molar-refractivity contribution in [3.05, 3.63) is 81.9 Å². The molecular formula is C33H42N2O2. The summed E-state index contributed by atoms with van der Waals surface area (Å²) in [4.78, 5) is 9.42. The summed E-state index contributed by atoms with van der Waals surface area (Å²) in [5.41, 5.74) is 6.26. The van der Waals surface area contributed by atoms with Gasteiger partial charge >= 0.3 is 0 Å². The first-order valence-corrected chi connectivity index (χ1v) is 12.9. The summed E-state index contributed by atoms with van der Waals surface area (Å²) in [6, 6.07) is 15.7. The Kier molecular flexibility index (Phi) is 7.74. The second-order valence-corrected chi connectivity index (χ2v) is 13.0. The van der Waals surface area contributed by atoms with Crippen LogP contribution in [0.2, 0.25) is 0 Å². The largest absolute Gasteiger partial charge is 0.507 e. The van der Waals surface area contributed by atoms with E-state index in [1.54, 1.807) is 12.4 Å². The molecule has 0 aromatic heterocycles. The van der Waals surface area contributed by atoms with Gasteiger partial charge < -0.3 is 10.2 Å². The van der Waals surface area contributed by atoms with E-state index in [4.69, 9.17) is 4.99 Å². The number of phenols is 2. The van der Waals surface area contributed by atoms with E-state index in [2.05, 4.69) is 73.4 Å². The molecule has 0 aliphatic carbocycles. The summed E-state index contributed by atoms with van der Waals surface area (Å²) in [6.45, 7) is 21.1. The lowest BCUT2D eigenvalue weighted by Gasteiger charge is -2.27. The van der Waals surface area contributed by atoms with Gasteiger partial charge in [0.1, 0.15) is 11.5 Å². The van der Waals surface area contributed by atoms with Gasteiger partial charge in [-0.25, -0.2) is 0 Å². The second kappa shape index (κ2) is 10.2. The van der Waals surface area contributed by atoms with Crippen molar-refractivity contribution in [3.63, 3.8) is 0 Å². The summed E-state index contributed by atoms with van der Waals surface area (Å²) in [6.07, 6.45) is 3.41. The average molecular weight is 499 g/mol. The molecule has 0 aliphatic heterocycles. The zero-order valence-electron chi connectivity index (χ0n) is 24.1. The molecule has 4 heteroatoms. The van der Waals surface area contributed by atoms with Crippen LogP contribution in [0.25, 0.3) is 0 Å². The molecule has 0 bridgehead atoms. The molecule has 3 aromatic carbocycles. The summed E-state index contributed by atoms with van der Waals surface area (Å²) >= 11 is 0. The van der Waals surface area contributed by atoms with Crippen molar-refractivity contribution < 1.29 is 10.2 Å². The molecule has 0 aliphatic rings. The van der Waals surface area contributed by atoms with E-state index >= 15 is 0 Å². The standard InChI is InChI=1S/C33H42N2O2/c1-21-15-22(29(36)25(16-21)32(5,6)7)19-34-27-13-11-12-14-28(27)35-20-23-17-24(31(2,3)4)18-26(30(23)37)33(8,9)10/h11-20,36-37H,1-10H3/b34-19+,35-20+. The molecule has 0 saturated carbocycles. The molecule has 4 nitrogen and oxygen atoms in total. The Morgan fingerprint density at radius 2 is 1.03 bits per heavy atom. The molecule has 0 spiro atoms. The molecular weight excluding hydrogens is 456 g/mol. The van der Waals surface area contributed by atoms with E-state index in [0.29, 0.717) is 22.5 Å². The minimum Gasteiger partial charge on any atom is -0.507 e. The number of benzene rings is 3. The van der Waals surface area contributed by atoms with Crippen molar-refractivity contribution in [2.45, 2.75) is 85.5 Å². The third kappa shape index (κ3) is 6.68. The highest BCUT2D eigenvalue weighted by molar-refractivity contribution is 5.90. The van der Waals surface area contributed by atoms with Crippen LogP contribution in [0.15, 0.2) is 58.5 Å². The first kappa shape index (κ1) is 28.2. The Hall–Kier alpha value is -3.40. The van der Waals surface area contributed by atoms with Gasteiger partial charge in [0, 0.05) is 34.7 Å². The van der Waals surface area contributed by atoms with Crippen LogP contribution in [0.3, 0.4) is 0 Å². The van der Waals surface area contributed by atoms with Gasteiger partial charge in [-0.05, 0) is 58.6 Å². The fourth-order valence-electron chi connectivity index (χ4n) is 4.20. The maximum absolute atomic E-state index is 11.1. The number of nitrogens with zero attached hydrogens (tertiary/aromatic N) is 2. The highest BCUT2D eigenvalue weighted by atomic mass is 16.3. The minimum absolute atomic E-state index is 0.0692. The summed E-state index contributed by atoms with van der Waals surface area (Å²) in [5, 5.41) is 22.0. The molecule has 0 atom stereocenters. The Morgan fingerprint density at radius 1 is 0.595 bits per heavy atom. The highest BCUT2D eigenvalue weighted by Gasteiger charge is 2.24. The normalized spacial score (nSPS) is 13.1. The highest BCUT2D eigenvalue weighted by Crippen LogP contribution is 2.38. The molecule has 0 fully saturated rings. The molecule has 0 radical (unpaired) electrons. The number of hydrogen-bond acceptors (Lipinski definition) is 4. The number of aromatic hydroxyl groups is 2. The Morgan fingerprint density at radius 3 is 1.46 bits per heavy atom. The molecule has 3 rings (SSSR count). The van der Waals surface area contributed by atoms with Gasteiger partial charge in [-0.3, -0.25) is 9.98 Å². The Balaban J connectivity index is 2.05. The van der Waals surface area contributed by atoms with E-state index in [-0.39, 0.29) is 27.7 Å². The maximum Gasteiger partial charge on any atom is 0.128 e. The maximum atomic E-state index is 11.1. The van der Waals surface area contributed by atoms with Crippen LogP contribution in [0.5, 0.6) is 11.5 Å². The smallest absolute Gasteiger partial charge is 0.128 e. The van der Waals surface area contributed by atoms with Crippen LogP contribution in [-0.4, -0.2) is 22.6 Å². The number of phenolic OH excluding ortho intramolecular Hbond substituents is 2. The first-order chi connectivity index (χ1) is 17.0. The van der Waals surface area contributed by atoms with Crippen molar-refractivity contribution >= 4 is 23.8 Å². The Labute approximate surface area is 222 Å². The molecule has 0 heterocycles. The molecule has 196 valence electrons. The number of rotatable bonds is 4. The quantitative estimate of drug-likeness (QED) is 0.353. The summed E-state index contributed by atoms with van der Waals surface area (Å²) in [5.74, 6) is 0.506. The number of para-hydroxylation sites is 2. The fourth-order valence-corrected chi connectivity index (χ4v) is 4.20. The third-order valence-corrected chi connectivity index (χ3v) is 6.47. The van der Waals surface area contributed by atoms with Crippen molar-refractivity contribution in [2.24, 2.45) is 9.98 Å². The lowest BCUT2D eigenvalue weighted by Crippen LogP contribution is -2.17. The first-order valence-electron chi connectivity index (χ1n) is 12.9. The predicted molar refractivity (Wildman–Crippen MR) is 158 cm³/mol. The Bertz CT molecular complexity index is 1340. The minimum atomic E-state index is -0.210. The summed E-state index contributed by atoms with van der Waals surface area (Å²) in [7, 11) is 0. The van der Waals surface area contributed by atoms with Crippen molar-refractivity contribution in [1.29, 1.82) is 0 Å². The van der Waals surface area contributed by atoms with Crippen LogP contribution in [-0.2, 0) is 16.2 Å².